The number of rotatable bonds is 9. The average molecular weight is 454 g/mol. The first-order valence-corrected chi connectivity index (χ1v) is 12.4. The molecule has 1 saturated carbocycles. The molecule has 1 aromatic carbocycles. The van der Waals surface area contributed by atoms with E-state index >= 15 is 0 Å². The maximum absolute atomic E-state index is 12.5. The Labute approximate surface area is 193 Å². The van der Waals surface area contributed by atoms with Crippen LogP contribution in [0.25, 0.3) is 21.9 Å². The van der Waals surface area contributed by atoms with E-state index in [0.29, 0.717) is 5.39 Å². The number of aromatic amines is 2. The van der Waals surface area contributed by atoms with Crippen molar-refractivity contribution in [3.63, 3.8) is 0 Å². The Morgan fingerprint density at radius 2 is 1.97 bits per heavy atom. The van der Waals surface area contributed by atoms with E-state index in [1.807, 2.05) is 6.07 Å². The molecule has 178 valence electrons. The van der Waals surface area contributed by atoms with E-state index in [4.69, 9.17) is 9.72 Å². The minimum Gasteiger partial charge on any atom is -0.379 e. The van der Waals surface area contributed by atoms with E-state index in [2.05, 4.69) is 30.5 Å². The highest BCUT2D eigenvalue weighted by molar-refractivity contribution is 5.97. The predicted molar refractivity (Wildman–Crippen MR) is 131 cm³/mol. The summed E-state index contributed by atoms with van der Waals surface area (Å²) < 4.78 is 5.42. The smallest absolute Gasteiger partial charge is 0.258 e. The second-order valence-corrected chi connectivity index (χ2v) is 9.30. The van der Waals surface area contributed by atoms with Crippen LogP contribution in [0.15, 0.2) is 17.2 Å². The van der Waals surface area contributed by atoms with Gasteiger partial charge in [-0.1, -0.05) is 19.3 Å². The number of nitrogens with zero attached hydrogens (tertiary/aromatic N) is 3. The van der Waals surface area contributed by atoms with Crippen molar-refractivity contribution in [2.75, 3.05) is 57.8 Å². The molecule has 5 rings (SSSR count). The standard InChI is InChI=1S/C24H35N7O2/c32-23-19-14-20-22(30-24(29-20)26-8-9-31-10-12-33-13-11-31)18(21(19)27-16-28-23)6-7-25-15-17-4-2-1-3-5-17/h14,16-17,25H,1-13,15H2,(H2,26,29,30)(H,27,28,32). The molecule has 1 saturated heterocycles. The lowest BCUT2D eigenvalue weighted by atomic mass is 9.89. The van der Waals surface area contributed by atoms with Crippen molar-refractivity contribution in [2.45, 2.75) is 38.5 Å². The lowest BCUT2D eigenvalue weighted by Crippen LogP contribution is -2.39. The number of fused-ring (bicyclic) bond motifs is 2. The van der Waals surface area contributed by atoms with Crippen molar-refractivity contribution in [1.82, 2.24) is 30.2 Å². The lowest BCUT2D eigenvalue weighted by molar-refractivity contribution is 0.0398. The zero-order chi connectivity index (χ0) is 22.5. The van der Waals surface area contributed by atoms with Gasteiger partial charge in [-0.25, -0.2) is 9.97 Å². The Bertz CT molecular complexity index is 1110. The lowest BCUT2D eigenvalue weighted by Gasteiger charge is -2.26. The minimum atomic E-state index is -0.116. The number of hydrogen-bond acceptors (Lipinski definition) is 7. The SMILES string of the molecule is O=c1[nH]cnc2c(CCNCC3CCCCC3)c3nc(NCCN4CCOCC4)[nH]c3cc12. The molecule has 9 nitrogen and oxygen atoms in total. The zero-order valence-corrected chi connectivity index (χ0v) is 19.3. The Morgan fingerprint density at radius 3 is 2.82 bits per heavy atom. The number of H-pyrrole nitrogens is 2. The number of morpholine rings is 1. The summed E-state index contributed by atoms with van der Waals surface area (Å²) in [5.41, 5.74) is 3.43. The summed E-state index contributed by atoms with van der Waals surface area (Å²) in [6, 6.07) is 1.87. The van der Waals surface area contributed by atoms with Crippen LogP contribution in [0.3, 0.4) is 0 Å². The van der Waals surface area contributed by atoms with Gasteiger partial charge in [0, 0.05) is 31.7 Å². The van der Waals surface area contributed by atoms with Gasteiger partial charge in [0.2, 0.25) is 5.95 Å². The second-order valence-electron chi connectivity index (χ2n) is 9.30. The van der Waals surface area contributed by atoms with Gasteiger partial charge in [-0.3, -0.25) is 9.69 Å². The summed E-state index contributed by atoms with van der Waals surface area (Å²) in [4.78, 5) is 30.3. The number of imidazole rings is 1. The van der Waals surface area contributed by atoms with Crippen molar-refractivity contribution in [3.05, 3.63) is 28.3 Å². The first kappa shape index (κ1) is 22.3. The van der Waals surface area contributed by atoms with Crippen molar-refractivity contribution in [3.8, 4) is 0 Å². The number of aromatic nitrogens is 4. The number of ether oxygens (including phenoxy) is 1. The summed E-state index contributed by atoms with van der Waals surface area (Å²) in [6.45, 7) is 7.22. The molecular formula is C24H35N7O2. The van der Waals surface area contributed by atoms with E-state index in [0.717, 1.165) is 92.9 Å². The molecule has 1 aliphatic carbocycles. The van der Waals surface area contributed by atoms with Gasteiger partial charge in [0.15, 0.2) is 0 Å². The van der Waals surface area contributed by atoms with E-state index in [-0.39, 0.29) is 5.56 Å². The molecule has 4 N–H and O–H groups in total. The van der Waals surface area contributed by atoms with Gasteiger partial charge in [-0.15, -0.1) is 0 Å². The Hall–Kier alpha value is -2.49. The Balaban J connectivity index is 1.30. The molecule has 0 atom stereocenters. The summed E-state index contributed by atoms with van der Waals surface area (Å²) in [7, 11) is 0. The quantitative estimate of drug-likeness (QED) is 0.368. The summed E-state index contributed by atoms with van der Waals surface area (Å²) >= 11 is 0. The van der Waals surface area contributed by atoms with Crippen molar-refractivity contribution in [2.24, 2.45) is 5.92 Å². The number of benzene rings is 1. The highest BCUT2D eigenvalue weighted by Gasteiger charge is 2.17. The fourth-order valence-electron chi connectivity index (χ4n) is 5.15. The summed E-state index contributed by atoms with van der Waals surface area (Å²) in [5.74, 6) is 1.53. The number of anilines is 1. The van der Waals surface area contributed by atoms with Crippen LogP contribution in [0.4, 0.5) is 5.95 Å². The van der Waals surface area contributed by atoms with Gasteiger partial charge < -0.3 is 25.3 Å². The Morgan fingerprint density at radius 1 is 1.12 bits per heavy atom. The highest BCUT2D eigenvalue weighted by Crippen LogP contribution is 2.26. The van der Waals surface area contributed by atoms with E-state index < -0.39 is 0 Å². The normalized spacial score (nSPS) is 18.3. The number of nitrogens with one attached hydrogen (secondary N) is 4. The summed E-state index contributed by atoms with van der Waals surface area (Å²) in [6.07, 6.45) is 9.04. The average Bonchev–Trinajstić information content (AvgIpc) is 3.26. The van der Waals surface area contributed by atoms with E-state index in [1.165, 1.54) is 38.4 Å². The van der Waals surface area contributed by atoms with Crippen LogP contribution >= 0.6 is 0 Å². The molecule has 9 heteroatoms. The van der Waals surface area contributed by atoms with Gasteiger partial charge in [0.1, 0.15) is 0 Å². The first-order chi connectivity index (χ1) is 16.3. The second kappa shape index (κ2) is 10.6. The molecule has 1 aliphatic heterocycles. The Kier molecular flexibility index (Phi) is 7.18. The molecule has 3 aromatic rings. The molecule has 2 aromatic heterocycles. The fourth-order valence-corrected chi connectivity index (χ4v) is 5.15. The molecule has 33 heavy (non-hydrogen) atoms. The first-order valence-electron chi connectivity index (χ1n) is 12.4. The number of hydrogen-bond donors (Lipinski definition) is 4. The third-order valence-electron chi connectivity index (χ3n) is 7.01. The van der Waals surface area contributed by atoms with Crippen molar-refractivity contribution in [1.29, 1.82) is 0 Å². The third kappa shape index (κ3) is 5.37. The van der Waals surface area contributed by atoms with Crippen molar-refractivity contribution < 1.29 is 4.74 Å². The van der Waals surface area contributed by atoms with Crippen molar-refractivity contribution >= 4 is 27.9 Å². The molecular weight excluding hydrogens is 418 g/mol. The molecule has 2 fully saturated rings. The molecule has 0 bridgehead atoms. The van der Waals surface area contributed by atoms with Crippen LogP contribution in [-0.2, 0) is 11.2 Å². The van der Waals surface area contributed by atoms with Crippen LogP contribution < -0.4 is 16.2 Å². The van der Waals surface area contributed by atoms with Gasteiger partial charge in [0.25, 0.3) is 5.56 Å². The van der Waals surface area contributed by atoms with Gasteiger partial charge in [0.05, 0.1) is 41.5 Å². The largest absolute Gasteiger partial charge is 0.379 e. The maximum atomic E-state index is 12.5. The zero-order valence-electron chi connectivity index (χ0n) is 19.3. The van der Waals surface area contributed by atoms with Gasteiger partial charge in [-0.2, -0.15) is 0 Å². The highest BCUT2D eigenvalue weighted by atomic mass is 16.5. The third-order valence-corrected chi connectivity index (χ3v) is 7.01. The molecule has 3 heterocycles. The minimum absolute atomic E-state index is 0.116. The summed E-state index contributed by atoms with van der Waals surface area (Å²) in [5, 5.41) is 7.67. The molecule has 0 radical (unpaired) electrons. The molecule has 2 aliphatic rings. The van der Waals surface area contributed by atoms with Crippen LogP contribution in [-0.4, -0.2) is 77.3 Å². The van der Waals surface area contributed by atoms with E-state index in [9.17, 15) is 4.79 Å². The van der Waals surface area contributed by atoms with Crippen LogP contribution in [0, 0.1) is 5.92 Å². The van der Waals surface area contributed by atoms with Gasteiger partial charge in [-0.05, 0) is 44.3 Å². The van der Waals surface area contributed by atoms with Crippen LogP contribution in [0.1, 0.15) is 37.7 Å². The molecule has 0 amide bonds. The monoisotopic (exact) mass is 453 g/mol. The topological polar surface area (TPSA) is 111 Å². The molecule has 0 spiro atoms. The van der Waals surface area contributed by atoms with E-state index in [1.54, 1.807) is 0 Å². The fraction of sp³-hybridized carbons (Fsp3) is 0.625. The van der Waals surface area contributed by atoms with Gasteiger partial charge >= 0.3 is 0 Å². The maximum Gasteiger partial charge on any atom is 0.258 e. The van der Waals surface area contributed by atoms with Crippen LogP contribution in [0.5, 0.6) is 0 Å². The molecule has 0 unspecified atom stereocenters. The van der Waals surface area contributed by atoms with Crippen LogP contribution in [0.2, 0.25) is 0 Å². The predicted octanol–water partition coefficient (Wildman–Crippen LogP) is 2.26.